The molecule has 6 heteroatoms. The summed E-state index contributed by atoms with van der Waals surface area (Å²) in [6.45, 7) is 6.89. The lowest BCUT2D eigenvalue weighted by Crippen LogP contribution is -2.53. The number of likely N-dealkylation sites (tertiary alicyclic amines) is 1. The normalized spacial score (nSPS) is 23.3. The zero-order valence-corrected chi connectivity index (χ0v) is 13.0. The highest BCUT2D eigenvalue weighted by Crippen LogP contribution is 2.24. The van der Waals surface area contributed by atoms with E-state index in [0.717, 1.165) is 38.5 Å². The number of amides is 2. The van der Waals surface area contributed by atoms with Gasteiger partial charge in [-0.15, -0.1) is 0 Å². The summed E-state index contributed by atoms with van der Waals surface area (Å²) in [5.74, 6) is 0.860. The van der Waals surface area contributed by atoms with Crippen molar-refractivity contribution in [3.63, 3.8) is 0 Å². The number of piperazine rings is 1. The molecule has 0 unspecified atom stereocenters. The predicted molar refractivity (Wildman–Crippen MR) is 81.0 cm³/mol. The van der Waals surface area contributed by atoms with E-state index in [0.29, 0.717) is 19.4 Å². The van der Waals surface area contributed by atoms with Crippen LogP contribution in [0.2, 0.25) is 0 Å². The average molecular weight is 305 g/mol. The van der Waals surface area contributed by atoms with Gasteiger partial charge in [-0.25, -0.2) is 0 Å². The van der Waals surface area contributed by atoms with E-state index < -0.39 is 0 Å². The van der Waals surface area contributed by atoms with Crippen LogP contribution in [-0.2, 0) is 16.1 Å². The molecule has 0 aromatic carbocycles. The number of hydrogen-bond acceptors (Lipinski definition) is 4. The van der Waals surface area contributed by atoms with Gasteiger partial charge in [0.05, 0.1) is 12.8 Å². The third kappa shape index (κ3) is 3.02. The monoisotopic (exact) mass is 305 g/mol. The quantitative estimate of drug-likeness (QED) is 0.830. The highest BCUT2D eigenvalue weighted by molar-refractivity contribution is 5.91. The number of carbonyl (C=O) groups excluding carboxylic acids is 2. The summed E-state index contributed by atoms with van der Waals surface area (Å²) >= 11 is 0. The fourth-order valence-corrected chi connectivity index (χ4v) is 3.25. The molecule has 0 spiro atoms. The van der Waals surface area contributed by atoms with Gasteiger partial charge in [-0.05, 0) is 25.1 Å². The zero-order valence-electron chi connectivity index (χ0n) is 13.0. The molecule has 3 rings (SSSR count). The minimum absolute atomic E-state index is 0.0435. The van der Waals surface area contributed by atoms with Gasteiger partial charge in [0.1, 0.15) is 11.8 Å². The van der Waals surface area contributed by atoms with Gasteiger partial charge in [-0.1, -0.05) is 6.92 Å². The average Bonchev–Trinajstić information content (AvgIpc) is 3.18. The van der Waals surface area contributed by atoms with Gasteiger partial charge in [-0.2, -0.15) is 0 Å². The Labute approximate surface area is 130 Å². The first-order valence-electron chi connectivity index (χ1n) is 8.02. The topological polar surface area (TPSA) is 57.0 Å². The van der Waals surface area contributed by atoms with Gasteiger partial charge < -0.3 is 19.1 Å². The van der Waals surface area contributed by atoms with Crippen LogP contribution < -0.4 is 0 Å². The molecule has 1 aromatic heterocycles. The Morgan fingerprint density at radius 1 is 1.32 bits per heavy atom. The molecule has 22 heavy (non-hydrogen) atoms. The maximum absolute atomic E-state index is 12.8. The minimum Gasteiger partial charge on any atom is -0.467 e. The van der Waals surface area contributed by atoms with E-state index in [9.17, 15) is 9.59 Å². The van der Waals surface area contributed by atoms with E-state index in [1.54, 1.807) is 17.2 Å². The third-order valence-corrected chi connectivity index (χ3v) is 4.65. The number of hydrogen-bond donors (Lipinski definition) is 0. The van der Waals surface area contributed by atoms with E-state index in [1.807, 2.05) is 11.0 Å². The summed E-state index contributed by atoms with van der Waals surface area (Å²) in [6, 6.07) is 3.31. The third-order valence-electron chi connectivity index (χ3n) is 4.65. The van der Waals surface area contributed by atoms with Crippen molar-refractivity contribution in [2.75, 3.05) is 32.7 Å². The van der Waals surface area contributed by atoms with Gasteiger partial charge in [0.2, 0.25) is 11.8 Å². The van der Waals surface area contributed by atoms with Gasteiger partial charge >= 0.3 is 0 Å². The Balaban J connectivity index is 1.64. The van der Waals surface area contributed by atoms with E-state index >= 15 is 0 Å². The molecule has 120 valence electrons. The molecule has 0 bridgehead atoms. The van der Waals surface area contributed by atoms with Crippen molar-refractivity contribution in [1.29, 1.82) is 0 Å². The van der Waals surface area contributed by atoms with Crippen molar-refractivity contribution in [2.24, 2.45) is 0 Å². The SMILES string of the molecule is CCN1CCN(C(=O)[C@@H]2CCC(=O)N2Cc2ccco2)CC1. The molecular formula is C16H23N3O3. The maximum atomic E-state index is 12.8. The van der Waals surface area contributed by atoms with Crippen LogP contribution in [0.25, 0.3) is 0 Å². The van der Waals surface area contributed by atoms with Crippen molar-refractivity contribution >= 4 is 11.8 Å². The Morgan fingerprint density at radius 2 is 2.09 bits per heavy atom. The first kappa shape index (κ1) is 15.1. The number of rotatable bonds is 4. The fourth-order valence-electron chi connectivity index (χ4n) is 3.25. The van der Waals surface area contributed by atoms with Crippen molar-refractivity contribution in [3.8, 4) is 0 Å². The Kier molecular flexibility index (Phi) is 4.47. The Bertz CT molecular complexity index is 521. The fraction of sp³-hybridized carbons (Fsp3) is 0.625. The molecule has 2 amide bonds. The van der Waals surface area contributed by atoms with Crippen LogP contribution in [0.1, 0.15) is 25.5 Å². The largest absolute Gasteiger partial charge is 0.467 e. The van der Waals surface area contributed by atoms with Crippen molar-refractivity contribution in [1.82, 2.24) is 14.7 Å². The summed E-state index contributed by atoms with van der Waals surface area (Å²) in [5, 5.41) is 0. The molecule has 6 nitrogen and oxygen atoms in total. The lowest BCUT2D eigenvalue weighted by Gasteiger charge is -2.36. The first-order chi connectivity index (χ1) is 10.7. The molecule has 1 aromatic rings. The molecule has 0 aliphatic carbocycles. The summed E-state index contributed by atoms with van der Waals surface area (Å²) in [6.07, 6.45) is 2.66. The number of nitrogens with zero attached hydrogens (tertiary/aromatic N) is 3. The van der Waals surface area contributed by atoms with Crippen molar-refractivity contribution in [2.45, 2.75) is 32.4 Å². The summed E-state index contributed by atoms with van der Waals surface area (Å²) in [5.41, 5.74) is 0. The number of likely N-dealkylation sites (N-methyl/N-ethyl adjacent to an activating group) is 1. The second-order valence-corrected chi connectivity index (χ2v) is 5.92. The summed E-state index contributed by atoms with van der Waals surface area (Å²) < 4.78 is 5.32. The second kappa shape index (κ2) is 6.52. The van der Waals surface area contributed by atoms with Crippen molar-refractivity contribution in [3.05, 3.63) is 24.2 Å². The molecule has 0 N–H and O–H groups in total. The highest BCUT2D eigenvalue weighted by atomic mass is 16.3. The first-order valence-corrected chi connectivity index (χ1v) is 8.02. The summed E-state index contributed by atoms with van der Waals surface area (Å²) in [7, 11) is 0. The Hall–Kier alpha value is -1.82. The number of carbonyl (C=O) groups is 2. The maximum Gasteiger partial charge on any atom is 0.245 e. The van der Waals surface area contributed by atoms with E-state index in [-0.39, 0.29) is 17.9 Å². The minimum atomic E-state index is -0.328. The molecule has 2 aliphatic heterocycles. The standard InChI is InChI=1S/C16H23N3O3/c1-2-17-7-9-18(10-8-17)16(21)14-5-6-15(20)19(14)12-13-4-3-11-22-13/h3-4,11,14H,2,5-10,12H2,1H3/t14-/m0/s1. The van der Waals surface area contributed by atoms with Crippen LogP contribution in [0, 0.1) is 0 Å². The molecule has 2 aliphatic rings. The molecule has 1 atom stereocenters. The summed E-state index contributed by atoms with van der Waals surface area (Å²) in [4.78, 5) is 30.8. The number of furan rings is 1. The van der Waals surface area contributed by atoms with E-state index in [2.05, 4.69) is 11.8 Å². The van der Waals surface area contributed by atoms with Gasteiger partial charge in [0, 0.05) is 32.6 Å². The van der Waals surface area contributed by atoms with E-state index in [4.69, 9.17) is 4.42 Å². The lowest BCUT2D eigenvalue weighted by molar-refractivity contribution is -0.143. The van der Waals surface area contributed by atoms with Crippen molar-refractivity contribution < 1.29 is 14.0 Å². The van der Waals surface area contributed by atoms with Crippen LogP contribution in [0.4, 0.5) is 0 Å². The van der Waals surface area contributed by atoms with E-state index in [1.165, 1.54) is 0 Å². The lowest BCUT2D eigenvalue weighted by atomic mass is 10.1. The second-order valence-electron chi connectivity index (χ2n) is 5.92. The van der Waals surface area contributed by atoms with Gasteiger partial charge in [0.15, 0.2) is 0 Å². The molecule has 0 radical (unpaired) electrons. The predicted octanol–water partition coefficient (Wildman–Crippen LogP) is 0.935. The molecule has 2 fully saturated rings. The molecule has 2 saturated heterocycles. The van der Waals surface area contributed by atoms with Crippen LogP contribution in [0.15, 0.2) is 22.8 Å². The van der Waals surface area contributed by atoms with Crippen LogP contribution in [0.3, 0.4) is 0 Å². The Morgan fingerprint density at radius 3 is 2.73 bits per heavy atom. The van der Waals surface area contributed by atoms with Crippen LogP contribution in [0.5, 0.6) is 0 Å². The zero-order chi connectivity index (χ0) is 15.5. The van der Waals surface area contributed by atoms with Gasteiger partial charge in [-0.3, -0.25) is 9.59 Å². The molecular weight excluding hydrogens is 282 g/mol. The highest BCUT2D eigenvalue weighted by Gasteiger charge is 2.39. The van der Waals surface area contributed by atoms with Gasteiger partial charge in [0.25, 0.3) is 0 Å². The molecule has 0 saturated carbocycles. The smallest absolute Gasteiger partial charge is 0.245 e. The van der Waals surface area contributed by atoms with Crippen LogP contribution in [-0.4, -0.2) is 65.3 Å². The van der Waals surface area contributed by atoms with Crippen LogP contribution >= 0.6 is 0 Å². The molecule has 3 heterocycles.